The SMILES string of the molecule is CC(C)(C)OC(=O)N(CC(=O)C1CC1)C(C)(C)C. The van der Waals surface area contributed by atoms with Gasteiger partial charge in [0.15, 0.2) is 5.78 Å². The second-order valence-electron chi connectivity index (χ2n) is 6.98. The summed E-state index contributed by atoms with van der Waals surface area (Å²) in [5.74, 6) is 0.313. The maximum Gasteiger partial charge on any atom is 0.411 e. The van der Waals surface area contributed by atoms with Crippen molar-refractivity contribution in [3.8, 4) is 0 Å². The fraction of sp³-hybridized carbons (Fsp3) is 0.857. The molecule has 0 unspecified atom stereocenters. The predicted molar refractivity (Wildman–Crippen MR) is 70.4 cm³/mol. The average molecular weight is 255 g/mol. The Kier molecular flexibility index (Phi) is 4.08. The molecule has 0 bridgehead atoms. The third-order valence-electron chi connectivity index (χ3n) is 2.77. The van der Waals surface area contributed by atoms with Gasteiger partial charge in [0.05, 0.1) is 6.54 Å². The van der Waals surface area contributed by atoms with Crippen LogP contribution in [-0.2, 0) is 9.53 Å². The summed E-state index contributed by atoms with van der Waals surface area (Å²) in [6.07, 6.45) is 1.51. The summed E-state index contributed by atoms with van der Waals surface area (Å²) in [5.41, 5.74) is -0.948. The van der Waals surface area contributed by atoms with Crippen LogP contribution in [0.5, 0.6) is 0 Å². The molecule has 1 amide bonds. The molecular formula is C14H25NO3. The molecule has 0 aromatic carbocycles. The van der Waals surface area contributed by atoms with E-state index < -0.39 is 17.2 Å². The van der Waals surface area contributed by atoms with E-state index in [2.05, 4.69) is 0 Å². The molecule has 104 valence electrons. The second kappa shape index (κ2) is 4.90. The van der Waals surface area contributed by atoms with Gasteiger partial charge in [0, 0.05) is 11.5 Å². The highest BCUT2D eigenvalue weighted by molar-refractivity contribution is 5.87. The minimum absolute atomic E-state index is 0.149. The Hall–Kier alpha value is -1.06. The lowest BCUT2D eigenvalue weighted by Gasteiger charge is -2.36. The van der Waals surface area contributed by atoms with Crippen LogP contribution in [0.25, 0.3) is 0 Å². The number of hydrogen-bond donors (Lipinski definition) is 0. The van der Waals surface area contributed by atoms with Crippen LogP contribution in [0.4, 0.5) is 4.79 Å². The highest BCUT2D eigenvalue weighted by Gasteiger charge is 2.36. The molecule has 0 heterocycles. The number of rotatable bonds is 3. The van der Waals surface area contributed by atoms with Crippen molar-refractivity contribution in [3.63, 3.8) is 0 Å². The van der Waals surface area contributed by atoms with E-state index in [0.29, 0.717) is 0 Å². The lowest BCUT2D eigenvalue weighted by Crippen LogP contribution is -2.50. The minimum atomic E-state index is -0.538. The van der Waals surface area contributed by atoms with Crippen molar-refractivity contribution >= 4 is 11.9 Å². The highest BCUT2D eigenvalue weighted by Crippen LogP contribution is 2.31. The van der Waals surface area contributed by atoms with E-state index in [1.807, 2.05) is 41.5 Å². The maximum absolute atomic E-state index is 12.1. The van der Waals surface area contributed by atoms with Gasteiger partial charge in [-0.2, -0.15) is 0 Å². The van der Waals surface area contributed by atoms with Crippen molar-refractivity contribution in [3.05, 3.63) is 0 Å². The minimum Gasteiger partial charge on any atom is -0.444 e. The number of hydrogen-bond acceptors (Lipinski definition) is 3. The molecule has 0 N–H and O–H groups in total. The summed E-state index contributed by atoms with van der Waals surface area (Å²) >= 11 is 0. The summed E-state index contributed by atoms with van der Waals surface area (Å²) in [4.78, 5) is 25.5. The van der Waals surface area contributed by atoms with E-state index in [-0.39, 0.29) is 18.2 Å². The third kappa shape index (κ3) is 4.67. The van der Waals surface area contributed by atoms with Crippen LogP contribution in [0.1, 0.15) is 54.4 Å². The molecule has 1 rings (SSSR count). The van der Waals surface area contributed by atoms with Crippen LogP contribution in [0.3, 0.4) is 0 Å². The van der Waals surface area contributed by atoms with E-state index in [1.165, 1.54) is 4.90 Å². The number of amides is 1. The first kappa shape index (κ1) is 15.0. The topological polar surface area (TPSA) is 46.6 Å². The van der Waals surface area contributed by atoms with Crippen molar-refractivity contribution in [2.45, 2.75) is 65.5 Å². The zero-order valence-electron chi connectivity index (χ0n) is 12.4. The largest absolute Gasteiger partial charge is 0.444 e. The lowest BCUT2D eigenvalue weighted by molar-refractivity contribution is -0.122. The molecule has 1 aliphatic rings. The number of carbonyl (C=O) groups is 2. The highest BCUT2D eigenvalue weighted by atomic mass is 16.6. The number of ketones is 1. The Morgan fingerprint density at radius 2 is 1.61 bits per heavy atom. The Balaban J connectivity index is 2.71. The van der Waals surface area contributed by atoms with Gasteiger partial charge in [-0.1, -0.05) is 0 Å². The number of nitrogens with zero attached hydrogens (tertiary/aromatic N) is 1. The molecule has 0 atom stereocenters. The van der Waals surface area contributed by atoms with Crippen LogP contribution in [0.15, 0.2) is 0 Å². The van der Waals surface area contributed by atoms with Gasteiger partial charge in [0.2, 0.25) is 0 Å². The summed E-state index contributed by atoms with van der Waals surface area (Å²) in [7, 11) is 0. The van der Waals surface area contributed by atoms with Crippen molar-refractivity contribution < 1.29 is 14.3 Å². The zero-order valence-corrected chi connectivity index (χ0v) is 12.4. The van der Waals surface area contributed by atoms with Crippen LogP contribution >= 0.6 is 0 Å². The normalized spacial score (nSPS) is 16.3. The molecule has 1 aliphatic carbocycles. The molecule has 0 radical (unpaired) electrons. The van der Waals surface area contributed by atoms with Gasteiger partial charge in [0.25, 0.3) is 0 Å². The van der Waals surface area contributed by atoms with Crippen LogP contribution in [-0.4, -0.2) is 34.5 Å². The van der Waals surface area contributed by atoms with Gasteiger partial charge in [-0.05, 0) is 54.4 Å². The zero-order chi connectivity index (χ0) is 14.1. The molecule has 0 aliphatic heterocycles. The van der Waals surface area contributed by atoms with Gasteiger partial charge >= 0.3 is 6.09 Å². The Morgan fingerprint density at radius 1 is 1.11 bits per heavy atom. The van der Waals surface area contributed by atoms with Gasteiger partial charge in [0.1, 0.15) is 5.60 Å². The molecule has 1 fully saturated rings. The maximum atomic E-state index is 12.1. The number of carbonyl (C=O) groups excluding carboxylic acids is 2. The summed E-state index contributed by atoms with van der Waals surface area (Å²) < 4.78 is 5.36. The van der Waals surface area contributed by atoms with E-state index in [1.54, 1.807) is 0 Å². The summed E-state index contributed by atoms with van der Waals surface area (Å²) in [6.45, 7) is 11.4. The monoisotopic (exact) mass is 255 g/mol. The molecule has 0 spiro atoms. The average Bonchev–Trinajstić information content (AvgIpc) is 2.90. The molecule has 0 aromatic rings. The first-order chi connectivity index (χ1) is 8.00. The first-order valence-corrected chi connectivity index (χ1v) is 6.54. The fourth-order valence-electron chi connectivity index (χ4n) is 1.58. The molecule has 0 aromatic heterocycles. The molecule has 1 saturated carbocycles. The van der Waals surface area contributed by atoms with Crippen LogP contribution in [0, 0.1) is 5.92 Å². The van der Waals surface area contributed by atoms with Crippen molar-refractivity contribution in [2.24, 2.45) is 5.92 Å². The van der Waals surface area contributed by atoms with Crippen molar-refractivity contribution in [2.75, 3.05) is 6.54 Å². The van der Waals surface area contributed by atoms with Crippen molar-refractivity contribution in [1.29, 1.82) is 0 Å². The van der Waals surface area contributed by atoms with E-state index in [9.17, 15) is 9.59 Å². The third-order valence-corrected chi connectivity index (χ3v) is 2.77. The Morgan fingerprint density at radius 3 is 1.94 bits per heavy atom. The first-order valence-electron chi connectivity index (χ1n) is 6.54. The smallest absolute Gasteiger partial charge is 0.411 e. The van der Waals surface area contributed by atoms with E-state index in [4.69, 9.17) is 4.74 Å². The Labute approximate surface area is 110 Å². The summed E-state index contributed by atoms with van der Waals surface area (Å²) in [5, 5.41) is 0. The Bertz CT molecular complexity index is 332. The van der Waals surface area contributed by atoms with E-state index in [0.717, 1.165) is 12.8 Å². The second-order valence-corrected chi connectivity index (χ2v) is 6.98. The standard InChI is InChI=1S/C14H25NO3/c1-13(2,3)15(9-11(16)10-7-8-10)12(17)18-14(4,5)6/h10H,7-9H2,1-6H3. The fourth-order valence-corrected chi connectivity index (χ4v) is 1.58. The molecule has 0 saturated heterocycles. The number of ether oxygens (including phenoxy) is 1. The molecular weight excluding hydrogens is 230 g/mol. The van der Waals surface area contributed by atoms with Gasteiger partial charge in [-0.25, -0.2) is 4.79 Å². The van der Waals surface area contributed by atoms with Crippen LogP contribution < -0.4 is 0 Å². The molecule has 18 heavy (non-hydrogen) atoms. The number of Topliss-reactive ketones (excluding diaryl/α,β-unsaturated/α-hetero) is 1. The predicted octanol–water partition coefficient (Wildman–Crippen LogP) is 3.00. The van der Waals surface area contributed by atoms with E-state index >= 15 is 0 Å². The molecule has 4 heteroatoms. The quantitative estimate of drug-likeness (QED) is 0.778. The van der Waals surface area contributed by atoms with Gasteiger partial charge < -0.3 is 4.74 Å². The van der Waals surface area contributed by atoms with Gasteiger partial charge in [-0.15, -0.1) is 0 Å². The van der Waals surface area contributed by atoms with Crippen LogP contribution in [0.2, 0.25) is 0 Å². The van der Waals surface area contributed by atoms with Crippen molar-refractivity contribution in [1.82, 2.24) is 4.90 Å². The lowest BCUT2D eigenvalue weighted by atomic mass is 10.1. The summed E-state index contributed by atoms with van der Waals surface area (Å²) in [6, 6.07) is 0. The van der Waals surface area contributed by atoms with Gasteiger partial charge in [-0.3, -0.25) is 9.69 Å². The molecule has 4 nitrogen and oxygen atoms in total.